The molecule has 0 aliphatic carbocycles. The lowest BCUT2D eigenvalue weighted by Gasteiger charge is -2.39. The molecule has 1 unspecified atom stereocenters. The SMILES string of the molecule is C#CCO[C@@H]1[C@H](OP(OCCC#N)N(C(C)C)C(C)C)[C@@H](COC(c2ccccc2)(c2ccc(OC)cc2)c2ccc(OC)cc2)O[C@H]1n1ccc(NC(=O)c2ccccc2)nc1=O. The quantitative estimate of drug-likeness (QED) is 0.0328. The fourth-order valence-corrected chi connectivity index (χ4v) is 9.42. The highest BCUT2D eigenvalue weighted by Crippen LogP contribution is 2.51. The van der Waals surface area contributed by atoms with E-state index in [0.29, 0.717) is 17.1 Å². The molecule has 1 amide bonds. The normalized spacial score (nSPS) is 17.8. The Bertz CT molecular complexity index is 2350. The van der Waals surface area contributed by atoms with Gasteiger partial charge < -0.3 is 38.0 Å². The molecular formula is C49H54N5O9P. The lowest BCUT2D eigenvalue weighted by atomic mass is 9.80. The highest BCUT2D eigenvalue weighted by Gasteiger charge is 2.51. The van der Waals surface area contributed by atoms with Crippen LogP contribution >= 0.6 is 8.53 Å². The number of hydrogen-bond donors (Lipinski definition) is 1. The number of hydrogen-bond acceptors (Lipinski definition) is 12. The summed E-state index contributed by atoms with van der Waals surface area (Å²) in [6.45, 7) is 7.99. The fourth-order valence-electron chi connectivity index (χ4n) is 7.65. The molecule has 5 aromatic rings. The number of amides is 1. The van der Waals surface area contributed by atoms with Gasteiger partial charge in [0.25, 0.3) is 14.4 Å². The minimum Gasteiger partial charge on any atom is -0.497 e. The third-order valence-electron chi connectivity index (χ3n) is 10.5. The van der Waals surface area contributed by atoms with Crippen molar-refractivity contribution >= 4 is 20.3 Å². The molecule has 0 radical (unpaired) electrons. The van der Waals surface area contributed by atoms with E-state index >= 15 is 0 Å². The molecule has 1 saturated heterocycles. The molecule has 1 N–H and O–H groups in total. The summed E-state index contributed by atoms with van der Waals surface area (Å²) < 4.78 is 48.5. The Morgan fingerprint density at radius 1 is 0.875 bits per heavy atom. The lowest BCUT2D eigenvalue weighted by Crippen LogP contribution is -2.43. The average Bonchev–Trinajstić information content (AvgIpc) is 3.64. The summed E-state index contributed by atoms with van der Waals surface area (Å²) in [6, 6.07) is 37.3. The van der Waals surface area contributed by atoms with Gasteiger partial charge in [-0.05, 0) is 86.8 Å². The van der Waals surface area contributed by atoms with Crippen molar-refractivity contribution in [1.29, 1.82) is 5.26 Å². The molecule has 0 spiro atoms. The molecule has 14 nitrogen and oxygen atoms in total. The van der Waals surface area contributed by atoms with Crippen LogP contribution in [0.3, 0.4) is 0 Å². The molecule has 1 aliphatic rings. The first-order valence-electron chi connectivity index (χ1n) is 20.9. The van der Waals surface area contributed by atoms with Crippen molar-refractivity contribution in [2.45, 2.75) is 76.3 Å². The van der Waals surface area contributed by atoms with Crippen LogP contribution in [0.25, 0.3) is 0 Å². The number of carbonyl (C=O) groups excluding carboxylic acids is 1. The molecule has 0 saturated carbocycles. The highest BCUT2D eigenvalue weighted by molar-refractivity contribution is 7.44. The van der Waals surface area contributed by atoms with Crippen LogP contribution in [-0.2, 0) is 28.9 Å². The maximum Gasteiger partial charge on any atom is 0.351 e. The molecular weight excluding hydrogens is 834 g/mol. The van der Waals surface area contributed by atoms with Crippen LogP contribution in [0, 0.1) is 23.7 Å². The second-order valence-corrected chi connectivity index (χ2v) is 16.7. The van der Waals surface area contributed by atoms with E-state index in [1.807, 2.05) is 107 Å². The van der Waals surface area contributed by atoms with Gasteiger partial charge in [-0.3, -0.25) is 9.36 Å². The third kappa shape index (κ3) is 11.0. The van der Waals surface area contributed by atoms with Gasteiger partial charge >= 0.3 is 5.69 Å². The Morgan fingerprint density at radius 3 is 1.98 bits per heavy atom. The van der Waals surface area contributed by atoms with Crippen LogP contribution < -0.4 is 20.5 Å². The average molecular weight is 888 g/mol. The Balaban J connectivity index is 1.47. The van der Waals surface area contributed by atoms with Crippen molar-refractivity contribution in [2.24, 2.45) is 0 Å². The first kappa shape index (κ1) is 47.5. The van der Waals surface area contributed by atoms with Gasteiger partial charge in [0.15, 0.2) is 6.23 Å². The Morgan fingerprint density at radius 2 is 1.45 bits per heavy atom. The number of benzene rings is 4. The van der Waals surface area contributed by atoms with Gasteiger partial charge in [-0.15, -0.1) is 6.42 Å². The standard InChI is InChI=1S/C49H54N5O9P/c1-8-31-59-45-44(63-64(61-32-15-29-50)54(34(2)3)35(4)5)42(62-47(45)53-30-28-43(52-48(53)56)51-46(55)36-16-11-9-12-17-36)33-60-49(37-18-13-10-14-19-37,38-20-24-40(57-6)25-21-38)39-22-26-41(58-7)27-23-39/h1,9-14,16-28,30,34-35,42,44-45,47H,15,31-33H2,2-7H3,(H,51,52,55,56)/t42-,44-,45-,47-,64?/m1/s1. The first-order chi connectivity index (χ1) is 31.0. The molecule has 1 aromatic heterocycles. The molecule has 6 rings (SSSR count). The Labute approximate surface area is 376 Å². The van der Waals surface area contributed by atoms with Gasteiger partial charge in [0.05, 0.1) is 39.9 Å². The number of aromatic nitrogens is 2. The van der Waals surface area contributed by atoms with Gasteiger partial charge in [-0.2, -0.15) is 10.2 Å². The van der Waals surface area contributed by atoms with Crippen LogP contribution in [0.5, 0.6) is 11.5 Å². The minimum atomic E-state index is -1.87. The van der Waals surface area contributed by atoms with Crippen LogP contribution in [-0.4, -0.2) is 84.6 Å². The molecule has 2 heterocycles. The molecule has 0 bridgehead atoms. The molecule has 64 heavy (non-hydrogen) atoms. The maximum atomic E-state index is 14.0. The van der Waals surface area contributed by atoms with Crippen molar-refractivity contribution in [3.05, 3.63) is 154 Å². The summed E-state index contributed by atoms with van der Waals surface area (Å²) in [7, 11) is 1.35. The lowest BCUT2D eigenvalue weighted by molar-refractivity contribution is -0.0965. The van der Waals surface area contributed by atoms with E-state index in [1.54, 1.807) is 44.6 Å². The fraction of sp³-hybridized carbons (Fsp3) is 0.347. The molecule has 5 atom stereocenters. The van der Waals surface area contributed by atoms with Crippen molar-refractivity contribution < 1.29 is 37.5 Å². The van der Waals surface area contributed by atoms with Crippen molar-refractivity contribution in [3.8, 4) is 29.9 Å². The molecule has 334 valence electrons. The second-order valence-electron chi connectivity index (χ2n) is 15.3. The van der Waals surface area contributed by atoms with Gasteiger partial charge in [0.2, 0.25) is 0 Å². The number of nitrogens with one attached hydrogen (secondary N) is 1. The number of methoxy groups -OCH3 is 2. The van der Waals surface area contributed by atoms with Gasteiger partial charge in [-0.1, -0.05) is 78.7 Å². The number of anilines is 1. The molecule has 1 fully saturated rings. The summed E-state index contributed by atoms with van der Waals surface area (Å²) in [6.07, 6.45) is 3.38. The molecule has 1 aliphatic heterocycles. The third-order valence-corrected chi connectivity index (χ3v) is 12.7. The second kappa shape index (κ2) is 22.6. The summed E-state index contributed by atoms with van der Waals surface area (Å²) in [5, 5.41) is 12.2. The summed E-state index contributed by atoms with van der Waals surface area (Å²) in [5.41, 5.74) is 0.836. The number of nitrogens with zero attached hydrogens (tertiary/aromatic N) is 4. The van der Waals surface area contributed by atoms with Crippen LogP contribution in [0.2, 0.25) is 0 Å². The van der Waals surface area contributed by atoms with E-state index in [0.717, 1.165) is 16.7 Å². The predicted octanol–water partition coefficient (Wildman–Crippen LogP) is 8.10. The first-order valence-corrected chi connectivity index (χ1v) is 22.1. The summed E-state index contributed by atoms with van der Waals surface area (Å²) in [5.74, 6) is 3.50. The van der Waals surface area contributed by atoms with E-state index in [9.17, 15) is 14.9 Å². The van der Waals surface area contributed by atoms with Gasteiger partial charge in [0, 0.05) is 23.8 Å². The zero-order valence-electron chi connectivity index (χ0n) is 36.8. The zero-order valence-corrected chi connectivity index (χ0v) is 37.7. The summed E-state index contributed by atoms with van der Waals surface area (Å²) in [4.78, 5) is 31.2. The monoisotopic (exact) mass is 887 g/mol. The van der Waals surface area contributed by atoms with Crippen LogP contribution in [0.4, 0.5) is 5.82 Å². The topological polar surface area (TPSA) is 156 Å². The van der Waals surface area contributed by atoms with Crippen LogP contribution in [0.15, 0.2) is 126 Å². The van der Waals surface area contributed by atoms with E-state index in [1.165, 1.54) is 16.8 Å². The number of terminal acetylenes is 1. The smallest absolute Gasteiger partial charge is 0.351 e. The highest BCUT2D eigenvalue weighted by atomic mass is 31.2. The largest absolute Gasteiger partial charge is 0.497 e. The number of rotatable bonds is 21. The number of ether oxygens (including phenoxy) is 5. The molecule has 15 heteroatoms. The van der Waals surface area contributed by atoms with E-state index in [4.69, 9.17) is 39.2 Å². The van der Waals surface area contributed by atoms with E-state index < -0.39 is 50.3 Å². The van der Waals surface area contributed by atoms with Crippen molar-refractivity contribution in [1.82, 2.24) is 14.2 Å². The predicted molar refractivity (Wildman–Crippen MR) is 244 cm³/mol. The van der Waals surface area contributed by atoms with Crippen molar-refractivity contribution in [2.75, 3.05) is 39.4 Å². The van der Waals surface area contributed by atoms with Gasteiger partial charge in [-0.25, -0.2) is 9.46 Å². The summed E-state index contributed by atoms with van der Waals surface area (Å²) >= 11 is 0. The Kier molecular flexibility index (Phi) is 16.8. The van der Waals surface area contributed by atoms with Gasteiger partial charge in [0.1, 0.15) is 47.8 Å². The zero-order chi connectivity index (χ0) is 45.6. The van der Waals surface area contributed by atoms with Crippen molar-refractivity contribution in [3.63, 3.8) is 0 Å². The maximum absolute atomic E-state index is 14.0. The molecule has 4 aromatic carbocycles. The minimum absolute atomic E-state index is 0.0348. The Hall–Kier alpha value is -5.93. The van der Waals surface area contributed by atoms with Crippen LogP contribution in [0.1, 0.15) is 67.4 Å². The number of carbonyl (C=O) groups is 1. The number of nitriles is 1. The van der Waals surface area contributed by atoms with E-state index in [2.05, 4.69) is 27.0 Å². The van der Waals surface area contributed by atoms with E-state index in [-0.39, 0.29) is 44.1 Å².